The first kappa shape index (κ1) is 10.8. The highest BCUT2D eigenvalue weighted by Gasteiger charge is 2.16. The number of nitrogens with one attached hydrogen (secondary N) is 1. The third-order valence-electron chi connectivity index (χ3n) is 2.74. The molecular formula is C12H23N. The van der Waals surface area contributed by atoms with Crippen molar-refractivity contribution in [1.82, 2.24) is 5.32 Å². The van der Waals surface area contributed by atoms with E-state index in [0.29, 0.717) is 0 Å². The summed E-state index contributed by atoms with van der Waals surface area (Å²) in [5, 5.41) is 3.52. The fraction of sp³-hybridized carbons (Fsp3) is 0.833. The van der Waals surface area contributed by atoms with Crippen molar-refractivity contribution in [2.45, 2.75) is 40.0 Å². The van der Waals surface area contributed by atoms with E-state index in [2.05, 4.69) is 32.2 Å². The first-order chi connectivity index (χ1) is 6.22. The van der Waals surface area contributed by atoms with Crippen LogP contribution in [0.1, 0.15) is 40.0 Å². The summed E-state index contributed by atoms with van der Waals surface area (Å²) in [4.78, 5) is 0. The zero-order chi connectivity index (χ0) is 9.68. The van der Waals surface area contributed by atoms with Gasteiger partial charge in [0, 0.05) is 0 Å². The molecule has 1 heteroatoms. The molecule has 2 unspecified atom stereocenters. The monoisotopic (exact) mass is 181 g/mol. The van der Waals surface area contributed by atoms with Gasteiger partial charge in [0.15, 0.2) is 0 Å². The topological polar surface area (TPSA) is 12.0 Å². The predicted molar refractivity (Wildman–Crippen MR) is 58.8 cm³/mol. The van der Waals surface area contributed by atoms with Gasteiger partial charge in [-0.25, -0.2) is 0 Å². The average molecular weight is 181 g/mol. The van der Waals surface area contributed by atoms with Gasteiger partial charge in [0.2, 0.25) is 0 Å². The van der Waals surface area contributed by atoms with Crippen molar-refractivity contribution in [3.05, 3.63) is 11.6 Å². The van der Waals surface area contributed by atoms with E-state index < -0.39 is 0 Å². The maximum Gasteiger partial charge on any atom is -0.00172 e. The second-order valence-electron chi connectivity index (χ2n) is 4.50. The van der Waals surface area contributed by atoms with Crippen molar-refractivity contribution in [2.75, 3.05) is 13.1 Å². The quantitative estimate of drug-likeness (QED) is 0.519. The molecule has 0 bridgehead atoms. The summed E-state index contributed by atoms with van der Waals surface area (Å²) in [7, 11) is 0. The Hall–Kier alpha value is -0.300. The molecule has 1 N–H and O–H groups in total. The zero-order valence-corrected chi connectivity index (χ0v) is 9.27. The summed E-state index contributed by atoms with van der Waals surface area (Å²) in [6.07, 6.45) is 6.35. The van der Waals surface area contributed by atoms with Crippen LogP contribution in [0.4, 0.5) is 0 Å². The van der Waals surface area contributed by atoms with Crippen LogP contribution >= 0.6 is 0 Å². The first-order valence-electron chi connectivity index (χ1n) is 5.60. The summed E-state index contributed by atoms with van der Waals surface area (Å²) in [5.74, 6) is 1.67. The molecule has 1 aliphatic carbocycles. The highest BCUT2D eigenvalue weighted by Crippen LogP contribution is 2.26. The second-order valence-corrected chi connectivity index (χ2v) is 4.50. The van der Waals surface area contributed by atoms with Crippen LogP contribution in [0.5, 0.6) is 0 Å². The minimum atomic E-state index is 0.794. The maximum atomic E-state index is 3.52. The highest BCUT2D eigenvalue weighted by atomic mass is 14.8. The van der Waals surface area contributed by atoms with E-state index in [1.165, 1.54) is 32.4 Å². The van der Waals surface area contributed by atoms with Crippen LogP contribution in [0.25, 0.3) is 0 Å². The summed E-state index contributed by atoms with van der Waals surface area (Å²) in [6.45, 7) is 9.20. The summed E-state index contributed by atoms with van der Waals surface area (Å²) >= 11 is 0. The molecule has 0 aromatic carbocycles. The van der Waals surface area contributed by atoms with Crippen molar-refractivity contribution in [3.8, 4) is 0 Å². The number of rotatable bonds is 4. The fourth-order valence-electron chi connectivity index (χ4n) is 2.32. The Morgan fingerprint density at radius 3 is 2.92 bits per heavy atom. The van der Waals surface area contributed by atoms with Crippen molar-refractivity contribution < 1.29 is 0 Å². The normalized spacial score (nSPS) is 28.7. The van der Waals surface area contributed by atoms with E-state index in [1.54, 1.807) is 5.57 Å². The van der Waals surface area contributed by atoms with Gasteiger partial charge in [-0.15, -0.1) is 0 Å². The third-order valence-corrected chi connectivity index (χ3v) is 2.74. The van der Waals surface area contributed by atoms with E-state index in [0.717, 1.165) is 11.8 Å². The summed E-state index contributed by atoms with van der Waals surface area (Å²) in [6, 6.07) is 0. The van der Waals surface area contributed by atoms with Gasteiger partial charge in [-0.3, -0.25) is 0 Å². The molecule has 0 radical (unpaired) electrons. The van der Waals surface area contributed by atoms with Gasteiger partial charge in [-0.05, 0) is 51.1 Å². The van der Waals surface area contributed by atoms with Crippen molar-refractivity contribution in [1.29, 1.82) is 0 Å². The Morgan fingerprint density at radius 1 is 1.54 bits per heavy atom. The van der Waals surface area contributed by atoms with E-state index in [9.17, 15) is 0 Å². The molecule has 0 heterocycles. The van der Waals surface area contributed by atoms with Crippen LogP contribution in [0.2, 0.25) is 0 Å². The van der Waals surface area contributed by atoms with Crippen molar-refractivity contribution in [2.24, 2.45) is 11.8 Å². The summed E-state index contributed by atoms with van der Waals surface area (Å²) in [5.41, 5.74) is 1.59. The number of allylic oxidation sites excluding steroid dienone is 2. The molecule has 0 aromatic rings. The largest absolute Gasteiger partial charge is 0.316 e. The molecule has 0 fully saturated rings. The minimum absolute atomic E-state index is 0.794. The average Bonchev–Trinajstić information content (AvgIpc) is 2.03. The smallest absolute Gasteiger partial charge is 0.00172 e. The molecule has 1 rings (SSSR count). The first-order valence-corrected chi connectivity index (χ1v) is 5.60. The van der Waals surface area contributed by atoms with E-state index in [1.807, 2.05) is 0 Å². The molecule has 2 atom stereocenters. The van der Waals surface area contributed by atoms with Crippen LogP contribution in [-0.4, -0.2) is 13.1 Å². The Kier molecular flexibility index (Phi) is 4.51. The van der Waals surface area contributed by atoms with E-state index >= 15 is 0 Å². The lowest BCUT2D eigenvalue weighted by atomic mass is 9.84. The lowest BCUT2D eigenvalue weighted by molar-refractivity contribution is 0.382. The van der Waals surface area contributed by atoms with Gasteiger partial charge in [0.1, 0.15) is 0 Å². The molecule has 0 spiro atoms. The molecule has 1 aliphatic rings. The number of hydrogen-bond donors (Lipinski definition) is 1. The molecule has 0 amide bonds. The van der Waals surface area contributed by atoms with Crippen LogP contribution in [-0.2, 0) is 0 Å². The highest BCUT2D eigenvalue weighted by molar-refractivity contribution is 5.06. The molecule has 76 valence electrons. The van der Waals surface area contributed by atoms with Crippen molar-refractivity contribution >= 4 is 0 Å². The van der Waals surface area contributed by atoms with Crippen molar-refractivity contribution in [3.63, 3.8) is 0 Å². The van der Waals surface area contributed by atoms with Gasteiger partial charge in [0.25, 0.3) is 0 Å². The lowest BCUT2D eigenvalue weighted by Crippen LogP contribution is -2.26. The van der Waals surface area contributed by atoms with Crippen LogP contribution < -0.4 is 5.32 Å². The minimum Gasteiger partial charge on any atom is -0.316 e. The second kappa shape index (κ2) is 5.43. The Balaban J connectivity index is 2.24. The Labute approximate surface area is 82.6 Å². The molecule has 0 saturated heterocycles. The van der Waals surface area contributed by atoms with Gasteiger partial charge in [0.05, 0.1) is 0 Å². The Bertz CT molecular complexity index is 172. The van der Waals surface area contributed by atoms with Gasteiger partial charge in [-0.2, -0.15) is 0 Å². The molecule has 1 nitrogen and oxygen atoms in total. The van der Waals surface area contributed by atoms with E-state index in [-0.39, 0.29) is 0 Å². The number of hydrogen-bond acceptors (Lipinski definition) is 1. The van der Waals surface area contributed by atoms with Crippen LogP contribution in [0.3, 0.4) is 0 Å². The fourth-order valence-corrected chi connectivity index (χ4v) is 2.32. The zero-order valence-electron chi connectivity index (χ0n) is 9.27. The van der Waals surface area contributed by atoms with Gasteiger partial charge >= 0.3 is 0 Å². The third kappa shape index (κ3) is 3.95. The SMILES string of the molecule is CCCNCC1CC(C)=CC(C)C1. The van der Waals surface area contributed by atoms with Gasteiger partial charge < -0.3 is 5.32 Å². The van der Waals surface area contributed by atoms with Crippen LogP contribution in [0.15, 0.2) is 11.6 Å². The maximum absolute atomic E-state index is 3.52. The Morgan fingerprint density at radius 2 is 2.31 bits per heavy atom. The lowest BCUT2D eigenvalue weighted by Gasteiger charge is -2.25. The van der Waals surface area contributed by atoms with E-state index in [4.69, 9.17) is 0 Å². The molecule has 0 saturated carbocycles. The predicted octanol–water partition coefficient (Wildman–Crippen LogP) is 2.98. The molecular weight excluding hydrogens is 158 g/mol. The van der Waals surface area contributed by atoms with Gasteiger partial charge in [-0.1, -0.05) is 25.5 Å². The molecule has 13 heavy (non-hydrogen) atoms. The molecule has 0 aromatic heterocycles. The molecule has 0 aliphatic heterocycles. The summed E-state index contributed by atoms with van der Waals surface area (Å²) < 4.78 is 0. The van der Waals surface area contributed by atoms with Crippen LogP contribution in [0, 0.1) is 11.8 Å². The standard InChI is InChI=1S/C12H23N/c1-4-5-13-9-12-7-10(2)6-11(3)8-12/h6,10,12-13H,4-5,7-9H2,1-3H3.